The van der Waals surface area contributed by atoms with Crippen molar-refractivity contribution in [2.75, 3.05) is 13.1 Å². The number of hydrogen-bond donors (Lipinski definition) is 2. The molecule has 0 spiro atoms. The van der Waals surface area contributed by atoms with Gasteiger partial charge in [0.1, 0.15) is 5.65 Å². The van der Waals surface area contributed by atoms with Gasteiger partial charge in [0.05, 0.1) is 18.2 Å². The minimum absolute atomic E-state index is 0.239. The summed E-state index contributed by atoms with van der Waals surface area (Å²) in [4.78, 5) is 28.9. The molecule has 1 unspecified atom stereocenters. The molecule has 1 aliphatic heterocycles. The summed E-state index contributed by atoms with van der Waals surface area (Å²) < 4.78 is 1.92. The van der Waals surface area contributed by atoms with Crippen LogP contribution in [0.1, 0.15) is 17.7 Å². The lowest BCUT2D eigenvalue weighted by molar-refractivity contribution is -0.141. The molecular formula is C15H18N4O3. The van der Waals surface area contributed by atoms with Crippen molar-refractivity contribution in [3.63, 3.8) is 0 Å². The molecule has 7 nitrogen and oxygen atoms in total. The first-order valence-electron chi connectivity index (χ1n) is 7.23. The molecule has 3 rings (SSSR count). The van der Waals surface area contributed by atoms with E-state index in [1.807, 2.05) is 35.9 Å². The largest absolute Gasteiger partial charge is 0.481 e. The van der Waals surface area contributed by atoms with Gasteiger partial charge in [0.2, 0.25) is 0 Å². The van der Waals surface area contributed by atoms with Gasteiger partial charge in [0.25, 0.3) is 0 Å². The first kappa shape index (κ1) is 14.4. The number of urea groups is 1. The van der Waals surface area contributed by atoms with Gasteiger partial charge in [0.15, 0.2) is 0 Å². The number of aliphatic carboxylic acids is 1. The highest BCUT2D eigenvalue weighted by Gasteiger charge is 2.30. The molecule has 0 aromatic carbocycles. The van der Waals surface area contributed by atoms with E-state index in [-0.39, 0.29) is 12.6 Å². The zero-order valence-electron chi connectivity index (χ0n) is 12.3. The minimum Gasteiger partial charge on any atom is -0.481 e. The molecule has 2 aromatic heterocycles. The highest BCUT2D eigenvalue weighted by molar-refractivity contribution is 5.77. The number of likely N-dealkylation sites (tertiary alicyclic amines) is 1. The Morgan fingerprint density at radius 3 is 2.95 bits per heavy atom. The molecule has 2 amide bonds. The third-order valence-corrected chi connectivity index (χ3v) is 3.89. The van der Waals surface area contributed by atoms with Crippen molar-refractivity contribution in [3.8, 4) is 0 Å². The summed E-state index contributed by atoms with van der Waals surface area (Å²) in [5.41, 5.74) is 2.74. The normalized spacial score (nSPS) is 17.9. The Morgan fingerprint density at radius 1 is 1.41 bits per heavy atom. The van der Waals surface area contributed by atoms with Gasteiger partial charge in [-0.1, -0.05) is 6.07 Å². The Labute approximate surface area is 127 Å². The zero-order chi connectivity index (χ0) is 15.7. The number of carbonyl (C=O) groups excluding carboxylic acids is 1. The minimum atomic E-state index is -0.842. The van der Waals surface area contributed by atoms with E-state index in [1.165, 1.54) is 0 Å². The van der Waals surface area contributed by atoms with Crippen molar-refractivity contribution < 1.29 is 14.7 Å². The van der Waals surface area contributed by atoms with Crippen LogP contribution < -0.4 is 5.32 Å². The van der Waals surface area contributed by atoms with Crippen LogP contribution in [0.4, 0.5) is 4.79 Å². The van der Waals surface area contributed by atoms with Crippen LogP contribution in [0.15, 0.2) is 24.5 Å². The average Bonchev–Trinajstić information content (AvgIpc) is 3.10. The van der Waals surface area contributed by atoms with Crippen LogP contribution in [0.3, 0.4) is 0 Å². The van der Waals surface area contributed by atoms with Gasteiger partial charge in [-0.2, -0.15) is 0 Å². The van der Waals surface area contributed by atoms with E-state index in [4.69, 9.17) is 5.11 Å². The molecule has 7 heteroatoms. The molecule has 0 aliphatic carbocycles. The first-order chi connectivity index (χ1) is 10.5. The Morgan fingerprint density at radius 2 is 2.23 bits per heavy atom. The lowest BCUT2D eigenvalue weighted by Crippen LogP contribution is -2.38. The van der Waals surface area contributed by atoms with Crippen LogP contribution in [0.5, 0.6) is 0 Å². The standard InChI is InChI=1S/C15H18N4O3/c1-10-2-3-13-17-12(9-19(13)7-10)6-16-15(22)18-5-4-11(8-18)14(20)21/h2-3,7,9,11H,4-6,8H2,1H3,(H,16,22)(H,20,21). The number of carboxylic acid groups (broad SMARTS) is 1. The van der Waals surface area contributed by atoms with Crippen molar-refractivity contribution in [1.82, 2.24) is 19.6 Å². The van der Waals surface area contributed by atoms with Gasteiger partial charge in [-0.3, -0.25) is 4.79 Å². The Balaban J connectivity index is 1.59. The van der Waals surface area contributed by atoms with Crippen molar-refractivity contribution in [1.29, 1.82) is 0 Å². The second-order valence-electron chi connectivity index (χ2n) is 5.63. The van der Waals surface area contributed by atoms with Crippen LogP contribution in [-0.2, 0) is 11.3 Å². The van der Waals surface area contributed by atoms with Gasteiger partial charge in [-0.15, -0.1) is 0 Å². The number of carbonyl (C=O) groups is 2. The van der Waals surface area contributed by atoms with Crippen LogP contribution in [-0.4, -0.2) is 44.5 Å². The van der Waals surface area contributed by atoms with Crippen molar-refractivity contribution >= 4 is 17.6 Å². The van der Waals surface area contributed by atoms with Gasteiger partial charge in [-0.05, 0) is 25.0 Å². The first-order valence-corrected chi connectivity index (χ1v) is 7.23. The molecule has 1 atom stereocenters. The molecule has 3 heterocycles. The van der Waals surface area contributed by atoms with Crippen LogP contribution in [0.25, 0.3) is 5.65 Å². The van der Waals surface area contributed by atoms with Gasteiger partial charge in [-0.25, -0.2) is 9.78 Å². The van der Waals surface area contributed by atoms with E-state index in [0.29, 0.717) is 19.5 Å². The predicted octanol–water partition coefficient (Wildman–Crippen LogP) is 1.26. The molecular weight excluding hydrogens is 284 g/mol. The third kappa shape index (κ3) is 2.88. The molecule has 1 aliphatic rings. The molecule has 2 N–H and O–H groups in total. The predicted molar refractivity (Wildman–Crippen MR) is 79.5 cm³/mol. The summed E-state index contributed by atoms with van der Waals surface area (Å²) in [5, 5.41) is 11.7. The second kappa shape index (κ2) is 5.67. The van der Waals surface area contributed by atoms with E-state index >= 15 is 0 Å². The van der Waals surface area contributed by atoms with Crippen LogP contribution >= 0.6 is 0 Å². The van der Waals surface area contributed by atoms with E-state index in [9.17, 15) is 9.59 Å². The number of nitrogens with one attached hydrogen (secondary N) is 1. The van der Waals surface area contributed by atoms with Crippen molar-refractivity contribution in [2.24, 2.45) is 5.92 Å². The van der Waals surface area contributed by atoms with Gasteiger partial charge < -0.3 is 19.7 Å². The van der Waals surface area contributed by atoms with Crippen molar-refractivity contribution in [2.45, 2.75) is 19.9 Å². The summed E-state index contributed by atoms with van der Waals surface area (Å²) in [7, 11) is 0. The number of aryl methyl sites for hydroxylation is 1. The number of fused-ring (bicyclic) bond motifs is 1. The number of carboxylic acids is 1. The Hall–Kier alpha value is -2.57. The monoisotopic (exact) mass is 302 g/mol. The fraction of sp³-hybridized carbons (Fsp3) is 0.400. The number of hydrogen-bond acceptors (Lipinski definition) is 3. The number of imidazole rings is 1. The number of aromatic nitrogens is 2. The maximum Gasteiger partial charge on any atom is 0.317 e. The number of amides is 2. The van der Waals surface area contributed by atoms with E-state index in [0.717, 1.165) is 16.9 Å². The summed E-state index contributed by atoms with van der Waals surface area (Å²) in [6.07, 6.45) is 4.37. The van der Waals surface area contributed by atoms with Gasteiger partial charge in [0, 0.05) is 25.5 Å². The molecule has 1 saturated heterocycles. The smallest absolute Gasteiger partial charge is 0.317 e. The third-order valence-electron chi connectivity index (χ3n) is 3.89. The molecule has 0 bridgehead atoms. The number of rotatable bonds is 3. The maximum atomic E-state index is 12.0. The molecule has 22 heavy (non-hydrogen) atoms. The van der Waals surface area contributed by atoms with E-state index in [1.54, 1.807) is 4.90 Å². The highest BCUT2D eigenvalue weighted by atomic mass is 16.4. The lowest BCUT2D eigenvalue weighted by Gasteiger charge is -2.16. The Bertz CT molecular complexity index is 725. The van der Waals surface area contributed by atoms with Crippen LogP contribution in [0.2, 0.25) is 0 Å². The summed E-state index contributed by atoms with van der Waals surface area (Å²) in [6.45, 7) is 3.08. The second-order valence-corrected chi connectivity index (χ2v) is 5.63. The topological polar surface area (TPSA) is 86.9 Å². The summed E-state index contributed by atoms with van der Waals surface area (Å²) in [5.74, 6) is -1.30. The van der Waals surface area contributed by atoms with Crippen LogP contribution in [0, 0.1) is 12.8 Å². The molecule has 0 saturated carbocycles. The average molecular weight is 302 g/mol. The Kier molecular flexibility index (Phi) is 3.70. The molecule has 1 fully saturated rings. The number of nitrogens with zero attached hydrogens (tertiary/aromatic N) is 3. The fourth-order valence-electron chi connectivity index (χ4n) is 2.67. The molecule has 2 aromatic rings. The SMILES string of the molecule is Cc1ccc2nc(CNC(=O)N3CCC(C(=O)O)C3)cn2c1. The maximum absolute atomic E-state index is 12.0. The lowest BCUT2D eigenvalue weighted by atomic mass is 10.1. The van der Waals surface area contributed by atoms with Crippen molar-refractivity contribution in [3.05, 3.63) is 35.8 Å². The molecule has 0 radical (unpaired) electrons. The van der Waals surface area contributed by atoms with E-state index in [2.05, 4.69) is 10.3 Å². The molecule has 116 valence electrons. The van der Waals surface area contributed by atoms with E-state index < -0.39 is 11.9 Å². The fourth-order valence-corrected chi connectivity index (χ4v) is 2.67. The van der Waals surface area contributed by atoms with Gasteiger partial charge >= 0.3 is 12.0 Å². The number of pyridine rings is 1. The summed E-state index contributed by atoms with van der Waals surface area (Å²) in [6, 6.07) is 3.68. The summed E-state index contributed by atoms with van der Waals surface area (Å²) >= 11 is 0. The quantitative estimate of drug-likeness (QED) is 0.893. The highest BCUT2D eigenvalue weighted by Crippen LogP contribution is 2.16. The zero-order valence-corrected chi connectivity index (χ0v) is 12.3.